The summed E-state index contributed by atoms with van der Waals surface area (Å²) in [5.74, 6) is 0. The van der Waals surface area contributed by atoms with Crippen molar-refractivity contribution < 1.29 is 0 Å². The van der Waals surface area contributed by atoms with E-state index in [0.29, 0.717) is 33.9 Å². The van der Waals surface area contributed by atoms with E-state index < -0.39 is 0 Å². The van der Waals surface area contributed by atoms with Crippen LogP contribution in [0.5, 0.6) is 0 Å². The molecule has 11 aromatic rings. The summed E-state index contributed by atoms with van der Waals surface area (Å²) in [5, 5.41) is 8.78. The van der Waals surface area contributed by atoms with Gasteiger partial charge in [0.15, 0.2) is 11.4 Å². The molecule has 0 amide bonds. The van der Waals surface area contributed by atoms with Gasteiger partial charge >= 0.3 is 0 Å². The molecule has 10 aromatic carbocycles. The van der Waals surface area contributed by atoms with Crippen LogP contribution in [0.4, 0.5) is 22.7 Å². The SMILES string of the molecule is [C-]#[N+]c1cccc(-c2c3c(c(-c4cccc([N+]#[C-])c4[N+]#[C-])c4cc5ccccc5cc24)-c2ccc4c5c(ccc-3c25)-c2ccc(-c3cccc5c3sc3ccccc35)cc2-4)c1[N+]#[C-]. The molecule has 0 spiro atoms. The van der Waals surface area contributed by atoms with E-state index in [1.807, 2.05) is 47.7 Å². The Balaban J connectivity index is 1.16. The molecule has 5 heteroatoms. The van der Waals surface area contributed by atoms with E-state index in [-0.39, 0.29) is 0 Å². The highest BCUT2D eigenvalue weighted by Crippen LogP contribution is 2.63. The molecule has 0 unspecified atom stereocenters. The van der Waals surface area contributed by atoms with Crippen LogP contribution in [0.15, 0.2) is 158 Å². The Kier molecular flexibility index (Phi) is 7.12. The second kappa shape index (κ2) is 12.8. The molecule has 63 heavy (non-hydrogen) atoms. The fraction of sp³-hybridized carbons (Fsp3) is 0. The van der Waals surface area contributed by atoms with Gasteiger partial charge in [0.05, 0.1) is 26.3 Å². The highest BCUT2D eigenvalue weighted by molar-refractivity contribution is 7.26. The molecule has 0 radical (unpaired) electrons. The number of thiophene rings is 1. The Hall–Kier alpha value is -8.84. The van der Waals surface area contributed by atoms with E-state index >= 15 is 0 Å². The lowest BCUT2D eigenvalue weighted by Crippen LogP contribution is -1.95. The maximum Gasteiger partial charge on any atom is 0.202 e. The van der Waals surface area contributed by atoms with Crippen LogP contribution in [0.2, 0.25) is 0 Å². The quantitative estimate of drug-likeness (QED) is 0.125. The molecule has 1 aromatic heterocycles. The Labute approximate surface area is 366 Å². The third kappa shape index (κ3) is 4.59. The molecule has 0 saturated carbocycles. The number of fused-ring (bicyclic) bond motifs is 11. The molecule has 284 valence electrons. The summed E-state index contributed by atoms with van der Waals surface area (Å²) in [6.07, 6.45) is 0. The van der Waals surface area contributed by atoms with Crippen molar-refractivity contribution in [2.75, 3.05) is 0 Å². The maximum atomic E-state index is 8.44. The zero-order valence-corrected chi connectivity index (χ0v) is 34.0. The third-order valence-corrected chi connectivity index (χ3v) is 14.4. The monoisotopic (exact) mass is 810 g/mol. The second-order valence-corrected chi connectivity index (χ2v) is 17.2. The van der Waals surface area contributed by atoms with E-state index in [4.69, 9.17) is 26.3 Å². The lowest BCUT2D eigenvalue weighted by atomic mass is 9.81. The molecule has 0 atom stereocenters. The summed E-state index contributed by atoms with van der Waals surface area (Å²) in [6.45, 7) is 33.1. The molecule has 0 fully saturated rings. The summed E-state index contributed by atoms with van der Waals surface area (Å²) in [4.78, 5) is 15.7. The lowest BCUT2D eigenvalue weighted by molar-refractivity contribution is 1.63. The summed E-state index contributed by atoms with van der Waals surface area (Å²) < 4.78 is 2.57. The Bertz CT molecular complexity index is 3990. The number of para-hydroxylation sites is 2. The summed E-state index contributed by atoms with van der Waals surface area (Å²) >= 11 is 1.84. The molecule has 2 aliphatic carbocycles. The highest BCUT2D eigenvalue weighted by Gasteiger charge is 2.35. The third-order valence-electron chi connectivity index (χ3n) is 13.2. The number of benzene rings is 10. The van der Waals surface area contributed by atoms with Gasteiger partial charge in [0.1, 0.15) is 0 Å². The minimum absolute atomic E-state index is 0.308. The first-order valence-corrected chi connectivity index (χ1v) is 21.4. The highest BCUT2D eigenvalue weighted by atomic mass is 32.1. The molecule has 0 saturated heterocycles. The average Bonchev–Trinajstić information content (AvgIpc) is 3.99. The fourth-order valence-electron chi connectivity index (χ4n) is 10.7. The average molecular weight is 811 g/mol. The van der Waals surface area contributed by atoms with Crippen LogP contribution in [0.1, 0.15) is 0 Å². The number of hydrogen-bond donors (Lipinski definition) is 0. The van der Waals surface area contributed by atoms with Gasteiger partial charge in [-0.15, -0.1) is 11.3 Å². The molecule has 1 heterocycles. The van der Waals surface area contributed by atoms with Crippen molar-refractivity contribution in [2.24, 2.45) is 0 Å². The van der Waals surface area contributed by atoms with E-state index in [1.165, 1.54) is 58.9 Å². The van der Waals surface area contributed by atoms with Crippen LogP contribution < -0.4 is 0 Å². The lowest BCUT2D eigenvalue weighted by Gasteiger charge is -2.23. The minimum Gasteiger partial charge on any atom is -0.250 e. The zero-order chi connectivity index (χ0) is 42.1. The maximum absolute atomic E-state index is 8.44. The second-order valence-electron chi connectivity index (χ2n) is 16.2. The number of hydrogen-bond acceptors (Lipinski definition) is 1. The minimum atomic E-state index is 0.308. The molecule has 0 N–H and O–H groups in total. The number of rotatable bonds is 3. The normalized spacial score (nSPS) is 11.7. The van der Waals surface area contributed by atoms with Gasteiger partial charge in [0.2, 0.25) is 11.4 Å². The van der Waals surface area contributed by atoms with Gasteiger partial charge in [-0.1, -0.05) is 133 Å². The zero-order valence-electron chi connectivity index (χ0n) is 33.2. The van der Waals surface area contributed by atoms with Gasteiger partial charge in [-0.05, 0) is 134 Å². The molecule has 0 bridgehead atoms. The Morgan fingerprint density at radius 1 is 0.333 bits per heavy atom. The topological polar surface area (TPSA) is 17.4 Å². The molecular weight excluding hydrogens is 785 g/mol. The first-order valence-electron chi connectivity index (χ1n) is 20.5. The molecule has 4 nitrogen and oxygen atoms in total. The predicted octanol–water partition coefficient (Wildman–Crippen LogP) is 18.0. The van der Waals surface area contributed by atoms with Crippen molar-refractivity contribution in [3.63, 3.8) is 0 Å². The molecule has 2 aliphatic rings. The van der Waals surface area contributed by atoms with Gasteiger partial charge in [-0.25, -0.2) is 9.69 Å². The van der Waals surface area contributed by atoms with Crippen LogP contribution >= 0.6 is 11.3 Å². The standard InChI is InChI=1S/C58H26N4S/c1-59-47-19-10-17-42(56(47)61-3)52-45-28-31-12-5-6-13-32(31)29-46(45)53(43-18-11-20-48(60-2)57(43)62-4)55-41-27-25-38-44-30-33(22-23-35(44)37-24-26-40(54(52)55)51(41)50(37)38)34-15-9-16-39-36-14-7-8-21-49(36)63-58(34)39/h5-30H. The van der Waals surface area contributed by atoms with Crippen molar-refractivity contribution in [1.82, 2.24) is 0 Å². The summed E-state index contributed by atoms with van der Waals surface area (Å²) in [7, 11) is 0. The fourth-order valence-corrected chi connectivity index (χ4v) is 11.9. The van der Waals surface area contributed by atoms with Crippen LogP contribution in [-0.2, 0) is 0 Å². The van der Waals surface area contributed by atoms with Crippen molar-refractivity contribution >= 4 is 86.6 Å². The molecular formula is C58H26N4S. The van der Waals surface area contributed by atoms with Crippen molar-refractivity contribution in [2.45, 2.75) is 0 Å². The van der Waals surface area contributed by atoms with Crippen LogP contribution in [0.3, 0.4) is 0 Å². The summed E-state index contributed by atoms with van der Waals surface area (Å²) in [6, 6.07) is 55.0. The van der Waals surface area contributed by atoms with Gasteiger partial charge in [-0.3, -0.25) is 9.69 Å². The number of nitrogens with zero attached hydrogens (tertiary/aromatic N) is 4. The summed E-state index contributed by atoms with van der Waals surface area (Å²) in [5.41, 5.74) is 15.6. The largest absolute Gasteiger partial charge is 0.250 e. The van der Waals surface area contributed by atoms with Gasteiger partial charge in [-0.2, -0.15) is 0 Å². The van der Waals surface area contributed by atoms with Gasteiger partial charge < -0.3 is 0 Å². The van der Waals surface area contributed by atoms with Gasteiger partial charge in [0.25, 0.3) is 0 Å². The van der Waals surface area contributed by atoms with E-state index in [1.54, 1.807) is 12.1 Å². The van der Waals surface area contributed by atoms with Crippen molar-refractivity contribution in [3.05, 3.63) is 203 Å². The Morgan fingerprint density at radius 2 is 0.841 bits per heavy atom. The van der Waals surface area contributed by atoms with Crippen LogP contribution in [0.25, 0.3) is 150 Å². The van der Waals surface area contributed by atoms with Crippen LogP contribution in [0, 0.1) is 26.3 Å². The van der Waals surface area contributed by atoms with Crippen molar-refractivity contribution in [1.29, 1.82) is 0 Å². The molecule has 13 rings (SSSR count). The van der Waals surface area contributed by atoms with Crippen LogP contribution in [-0.4, -0.2) is 0 Å². The molecule has 0 aliphatic heterocycles. The van der Waals surface area contributed by atoms with E-state index in [0.717, 1.165) is 60.3 Å². The predicted molar refractivity (Wildman–Crippen MR) is 262 cm³/mol. The van der Waals surface area contributed by atoms with Gasteiger partial charge in [0, 0.05) is 20.2 Å². The van der Waals surface area contributed by atoms with E-state index in [2.05, 4.69) is 129 Å². The van der Waals surface area contributed by atoms with Crippen molar-refractivity contribution in [3.8, 4) is 77.9 Å². The Morgan fingerprint density at radius 3 is 1.46 bits per heavy atom. The smallest absolute Gasteiger partial charge is 0.202 e. The van der Waals surface area contributed by atoms with E-state index in [9.17, 15) is 0 Å². The first kappa shape index (κ1) is 35.0. The first-order chi connectivity index (χ1) is 31.1.